The van der Waals surface area contributed by atoms with E-state index in [0.717, 1.165) is 0 Å². The maximum absolute atomic E-state index is 12.8. The second-order valence-corrected chi connectivity index (χ2v) is 7.72. The third-order valence-corrected chi connectivity index (χ3v) is 5.00. The average Bonchev–Trinajstić information content (AvgIpc) is 2.42. The van der Waals surface area contributed by atoms with E-state index in [1.54, 1.807) is 0 Å². The maximum Gasteiger partial charge on any atom is 0.246 e. The van der Waals surface area contributed by atoms with Gasteiger partial charge < -0.3 is 10.2 Å². The smallest absolute Gasteiger partial charge is 0.246 e. The molecule has 1 aromatic heterocycles. The van der Waals surface area contributed by atoms with Crippen molar-refractivity contribution in [2.75, 3.05) is 32.2 Å². The number of hydrogen-bond donors (Lipinski definition) is 2. The molecule has 0 atom stereocenters. The van der Waals surface area contributed by atoms with Crippen LogP contribution in [-0.4, -0.2) is 44.5 Å². The molecule has 9 heteroatoms. The van der Waals surface area contributed by atoms with Crippen molar-refractivity contribution in [3.8, 4) is 0 Å². The number of nitrogen functional groups attached to an aromatic ring is 1. The number of methoxy groups -OCH3 is 1. The van der Waals surface area contributed by atoms with Crippen LogP contribution in [0, 0.1) is 5.92 Å². The Kier molecular flexibility index (Phi) is 7.01. The van der Waals surface area contributed by atoms with Crippen molar-refractivity contribution >= 4 is 31.8 Å². The van der Waals surface area contributed by atoms with E-state index >= 15 is 0 Å². The van der Waals surface area contributed by atoms with Crippen molar-refractivity contribution in [3.63, 3.8) is 0 Å². The molecule has 21 heavy (non-hydrogen) atoms. The Hall–Kier alpha value is -0.740. The quantitative estimate of drug-likeness (QED) is 0.522. The van der Waals surface area contributed by atoms with Gasteiger partial charge in [-0.15, -0.1) is 0 Å². The first-order valence-corrected chi connectivity index (χ1v) is 8.67. The minimum Gasteiger partial charge on any atom is -0.383 e. The van der Waals surface area contributed by atoms with E-state index in [2.05, 4.69) is 26.3 Å². The number of rotatable bonds is 8. The molecule has 0 radical (unpaired) electrons. The summed E-state index contributed by atoms with van der Waals surface area (Å²) in [6.45, 7) is 4.89. The third kappa shape index (κ3) is 4.89. The minimum atomic E-state index is -3.72. The second-order valence-electron chi connectivity index (χ2n) is 4.89. The van der Waals surface area contributed by atoms with E-state index in [1.165, 1.54) is 23.7 Å². The number of nitrogens with two attached hydrogens (primary N) is 1. The summed E-state index contributed by atoms with van der Waals surface area (Å²) in [6, 6.07) is 1.48. The number of hydrogen-bond acceptors (Lipinski definition) is 6. The van der Waals surface area contributed by atoms with Crippen LogP contribution in [-0.2, 0) is 14.8 Å². The van der Waals surface area contributed by atoms with Crippen LogP contribution in [0.3, 0.4) is 0 Å². The lowest BCUT2D eigenvalue weighted by molar-refractivity contribution is 0.175. The standard InChI is InChI=1S/C12H21BrN4O3S/c1-9(2)8-17(4-5-20-3)21(18,19)11-6-10(13)7-15-12(11)16-14/h6-7,9H,4-5,8,14H2,1-3H3,(H,15,16). The Labute approximate surface area is 134 Å². The van der Waals surface area contributed by atoms with Crippen molar-refractivity contribution < 1.29 is 13.2 Å². The van der Waals surface area contributed by atoms with Gasteiger partial charge in [-0.25, -0.2) is 19.2 Å². The Morgan fingerprint density at radius 1 is 1.52 bits per heavy atom. The van der Waals surface area contributed by atoms with Gasteiger partial charge in [-0.3, -0.25) is 0 Å². The highest BCUT2D eigenvalue weighted by Crippen LogP contribution is 2.26. The molecule has 1 heterocycles. The molecule has 0 saturated carbocycles. The second kappa shape index (κ2) is 8.04. The highest BCUT2D eigenvalue weighted by molar-refractivity contribution is 9.10. The van der Waals surface area contributed by atoms with Gasteiger partial charge in [-0.2, -0.15) is 4.31 Å². The lowest BCUT2D eigenvalue weighted by Gasteiger charge is -2.24. The highest BCUT2D eigenvalue weighted by atomic mass is 79.9. The molecule has 0 fully saturated rings. The van der Waals surface area contributed by atoms with E-state index in [0.29, 0.717) is 17.6 Å². The number of ether oxygens (including phenoxy) is 1. The molecule has 0 aliphatic carbocycles. The van der Waals surface area contributed by atoms with E-state index in [4.69, 9.17) is 10.6 Å². The number of sulfonamides is 1. The SMILES string of the molecule is COCCN(CC(C)C)S(=O)(=O)c1cc(Br)cnc1NN. The summed E-state index contributed by atoms with van der Waals surface area (Å²) in [5.74, 6) is 5.66. The molecule has 0 aromatic carbocycles. The van der Waals surface area contributed by atoms with Crippen molar-refractivity contribution in [1.82, 2.24) is 9.29 Å². The molecule has 0 aliphatic rings. The molecule has 0 amide bonds. The normalized spacial score (nSPS) is 12.1. The van der Waals surface area contributed by atoms with Gasteiger partial charge in [0.15, 0.2) is 5.82 Å². The first-order valence-electron chi connectivity index (χ1n) is 6.44. The zero-order valence-electron chi connectivity index (χ0n) is 12.3. The molecule has 0 saturated heterocycles. The van der Waals surface area contributed by atoms with Gasteiger partial charge >= 0.3 is 0 Å². The van der Waals surface area contributed by atoms with Gasteiger partial charge in [0.1, 0.15) is 4.90 Å². The Morgan fingerprint density at radius 3 is 2.71 bits per heavy atom. The Balaban J connectivity index is 3.24. The molecule has 0 spiro atoms. The molecule has 7 nitrogen and oxygen atoms in total. The molecule has 0 bridgehead atoms. The van der Waals surface area contributed by atoms with Crippen LogP contribution in [0.25, 0.3) is 0 Å². The van der Waals surface area contributed by atoms with E-state index in [9.17, 15) is 8.42 Å². The first kappa shape index (κ1) is 18.3. The van der Waals surface area contributed by atoms with E-state index < -0.39 is 10.0 Å². The number of aromatic nitrogens is 1. The van der Waals surface area contributed by atoms with Crippen LogP contribution in [0.15, 0.2) is 21.6 Å². The van der Waals surface area contributed by atoms with E-state index in [-0.39, 0.29) is 23.2 Å². The van der Waals surface area contributed by atoms with Crippen molar-refractivity contribution in [1.29, 1.82) is 0 Å². The Bertz CT molecular complexity index is 566. The number of nitrogens with one attached hydrogen (secondary N) is 1. The van der Waals surface area contributed by atoms with Gasteiger partial charge in [-0.05, 0) is 27.9 Å². The maximum atomic E-state index is 12.8. The molecule has 1 rings (SSSR count). The van der Waals surface area contributed by atoms with Crippen molar-refractivity contribution in [2.45, 2.75) is 18.7 Å². The number of pyridine rings is 1. The number of halogens is 1. The van der Waals surface area contributed by atoms with Gasteiger partial charge in [0.05, 0.1) is 6.61 Å². The highest BCUT2D eigenvalue weighted by Gasteiger charge is 2.28. The first-order chi connectivity index (χ1) is 9.82. The van der Waals surface area contributed by atoms with Crippen LogP contribution in [0.5, 0.6) is 0 Å². The van der Waals surface area contributed by atoms with Crippen molar-refractivity contribution in [3.05, 3.63) is 16.7 Å². The van der Waals surface area contributed by atoms with Crippen LogP contribution in [0.1, 0.15) is 13.8 Å². The molecule has 3 N–H and O–H groups in total. The van der Waals surface area contributed by atoms with Crippen LogP contribution in [0.2, 0.25) is 0 Å². The fourth-order valence-corrected chi connectivity index (χ4v) is 3.98. The summed E-state index contributed by atoms with van der Waals surface area (Å²) >= 11 is 3.23. The van der Waals surface area contributed by atoms with Gasteiger partial charge in [-0.1, -0.05) is 13.8 Å². The predicted octanol–water partition coefficient (Wildman–Crippen LogP) is 1.42. The van der Waals surface area contributed by atoms with Gasteiger partial charge in [0.2, 0.25) is 10.0 Å². The summed E-state index contributed by atoms with van der Waals surface area (Å²) in [6.07, 6.45) is 1.48. The van der Waals surface area contributed by atoms with Crippen LogP contribution < -0.4 is 11.3 Å². The molecule has 1 aromatic rings. The monoisotopic (exact) mass is 380 g/mol. The number of nitrogens with zero attached hydrogens (tertiary/aromatic N) is 2. The molecule has 0 aliphatic heterocycles. The van der Waals surface area contributed by atoms with Crippen molar-refractivity contribution in [2.24, 2.45) is 11.8 Å². The Morgan fingerprint density at radius 2 is 2.19 bits per heavy atom. The summed E-state index contributed by atoms with van der Waals surface area (Å²) in [5.41, 5.74) is 2.32. The minimum absolute atomic E-state index is 0.0381. The topological polar surface area (TPSA) is 97.5 Å². The molecule has 0 unspecified atom stereocenters. The molecular formula is C12H21BrN4O3S. The number of anilines is 1. The van der Waals surface area contributed by atoms with E-state index in [1.807, 2.05) is 13.8 Å². The lowest BCUT2D eigenvalue weighted by atomic mass is 10.2. The summed E-state index contributed by atoms with van der Waals surface area (Å²) in [4.78, 5) is 4.02. The number of hydrazine groups is 1. The van der Waals surface area contributed by atoms with Gasteiger partial charge in [0, 0.05) is 30.9 Å². The third-order valence-electron chi connectivity index (χ3n) is 2.69. The fourth-order valence-electron chi connectivity index (χ4n) is 1.77. The largest absolute Gasteiger partial charge is 0.383 e. The lowest BCUT2D eigenvalue weighted by Crippen LogP contribution is -2.37. The fraction of sp³-hybridized carbons (Fsp3) is 0.583. The zero-order chi connectivity index (χ0) is 16.0. The van der Waals surface area contributed by atoms with Crippen LogP contribution >= 0.6 is 15.9 Å². The molecular weight excluding hydrogens is 360 g/mol. The molecule has 120 valence electrons. The van der Waals surface area contributed by atoms with Gasteiger partial charge in [0.25, 0.3) is 0 Å². The van der Waals surface area contributed by atoms with Crippen LogP contribution in [0.4, 0.5) is 5.82 Å². The zero-order valence-corrected chi connectivity index (χ0v) is 14.7. The predicted molar refractivity (Wildman–Crippen MR) is 85.2 cm³/mol. The summed E-state index contributed by atoms with van der Waals surface area (Å²) in [7, 11) is -2.18. The average molecular weight is 381 g/mol. The summed E-state index contributed by atoms with van der Waals surface area (Å²) in [5, 5.41) is 0. The summed E-state index contributed by atoms with van der Waals surface area (Å²) < 4.78 is 32.6.